The number of furan rings is 2. The Bertz CT molecular complexity index is 10300. The molecule has 5 aromatic heterocycles. The normalized spacial score (nSPS) is 13.7. The maximum absolute atomic E-state index is 6.86. The van der Waals surface area contributed by atoms with E-state index in [1.54, 1.807) is 10.4 Å². The fourth-order valence-corrected chi connectivity index (χ4v) is 34.3. The van der Waals surface area contributed by atoms with Crippen molar-refractivity contribution in [3.05, 3.63) is 480 Å². The van der Waals surface area contributed by atoms with Gasteiger partial charge in [-0.2, -0.15) is 0 Å². The van der Waals surface area contributed by atoms with Crippen molar-refractivity contribution in [3.8, 4) is 33.4 Å². The fraction of sp³-hybridized carbons (Fsp3) is 0.101. The van der Waals surface area contributed by atoms with Gasteiger partial charge >= 0.3 is 0 Å². The molecular weight excluding hydrogens is 1780 g/mol. The summed E-state index contributed by atoms with van der Waals surface area (Å²) in [5.74, 6) is 0. The van der Waals surface area contributed by atoms with Gasteiger partial charge in [0.05, 0.1) is 10.8 Å². The molecule has 0 radical (unpaired) electrons. The Morgan fingerprint density at radius 3 is 1.33 bits per heavy atom. The Labute approximate surface area is 838 Å². The number of aryl methyl sites for hydroxylation is 4. The van der Waals surface area contributed by atoms with Gasteiger partial charge in [0.2, 0.25) is 0 Å². The highest BCUT2D eigenvalue weighted by Gasteiger charge is 2.51. The van der Waals surface area contributed by atoms with E-state index in [4.69, 9.17) is 8.83 Å². The minimum atomic E-state index is -2.07. The number of hydrogen-bond acceptors (Lipinski definition) is 5. The molecule has 2 aliphatic carbocycles. The van der Waals surface area contributed by atoms with Gasteiger partial charge in [0.25, 0.3) is 0 Å². The summed E-state index contributed by atoms with van der Waals surface area (Å²) < 4.78 is 16.1. The number of hydrogen-bond donors (Lipinski definition) is 0. The lowest BCUT2D eigenvalue weighted by Gasteiger charge is -2.35. The van der Waals surface area contributed by atoms with Crippen LogP contribution in [0.5, 0.6) is 0 Å². The number of aromatic nitrogens is 2. The van der Waals surface area contributed by atoms with Crippen molar-refractivity contribution in [1.82, 2.24) is 9.97 Å². The second-order valence-electron chi connectivity index (χ2n) is 41.0. The van der Waals surface area contributed by atoms with Crippen LogP contribution in [0.1, 0.15) is 106 Å². The van der Waals surface area contributed by atoms with Crippen LogP contribution in [-0.4, -0.2) is 18.0 Å². The first-order valence-corrected chi connectivity index (χ1v) is 54.4. The minimum Gasteiger partial charge on any atom is -0.456 e. The molecule has 0 N–H and O–H groups in total. The molecule has 28 aromatic rings. The summed E-state index contributed by atoms with van der Waals surface area (Å²) in [6.45, 7) is 13.7. The first-order chi connectivity index (χ1) is 70.9. The molecule has 3 aliphatic rings. The second-order valence-corrected chi connectivity index (χ2v) is 46.3. The summed E-state index contributed by atoms with van der Waals surface area (Å²) in [4.78, 5) is 8.79. The largest absolute Gasteiger partial charge is 0.456 e. The van der Waals surface area contributed by atoms with E-state index in [1.165, 1.54) is 304 Å². The quantitative estimate of drug-likeness (QED) is 0.0778. The summed E-state index contributed by atoms with van der Waals surface area (Å²) in [6.07, 6.45) is 12.6. The summed E-state index contributed by atoms with van der Waals surface area (Å²) in [5, 5.41) is 42.2. The number of rotatable bonds is 10. The van der Waals surface area contributed by atoms with E-state index in [-0.39, 0.29) is 0 Å². The summed E-state index contributed by atoms with van der Waals surface area (Å²) >= 11 is 1.92. The van der Waals surface area contributed by atoms with Gasteiger partial charge < -0.3 is 8.83 Å². The van der Waals surface area contributed by atoms with Gasteiger partial charge in [-0.25, -0.2) is 0 Å². The Morgan fingerprint density at radius 1 is 0.236 bits per heavy atom. The Hall–Kier alpha value is -16.5. The van der Waals surface area contributed by atoms with E-state index in [9.17, 15) is 0 Å². The molecule has 0 fully saturated rings. The van der Waals surface area contributed by atoms with Crippen LogP contribution in [0.4, 0.5) is 0 Å². The van der Waals surface area contributed by atoms with E-state index >= 15 is 0 Å². The van der Waals surface area contributed by atoms with Gasteiger partial charge in [0, 0.05) is 71.9 Å². The number of nitrogens with zero attached hydrogens (tertiary/aromatic N) is 2. The molecule has 0 saturated heterocycles. The highest BCUT2D eigenvalue weighted by molar-refractivity contribution is 7.25. The maximum Gasteiger partial charge on any atom is 0.136 e. The van der Waals surface area contributed by atoms with Crippen LogP contribution in [0, 0.1) is 27.7 Å². The first-order valence-electron chi connectivity index (χ1n) is 51.2. The average molecular weight is 1880 g/mol. The topological polar surface area (TPSA) is 52.1 Å². The molecule has 1 aliphatic heterocycles. The molecule has 4 nitrogen and oxygen atoms in total. The van der Waals surface area contributed by atoms with E-state index in [0.717, 1.165) is 27.7 Å². The Balaban J connectivity index is 0.000000103. The zero-order chi connectivity index (χ0) is 95.7. The van der Waals surface area contributed by atoms with Crippen molar-refractivity contribution >= 4 is 223 Å². The monoisotopic (exact) mass is 1870 g/mol. The number of para-hydroxylation sites is 1. The second kappa shape index (κ2) is 32.3. The molecule has 6 heteroatoms. The van der Waals surface area contributed by atoms with Crippen molar-refractivity contribution in [2.75, 3.05) is 0 Å². The number of pyridine rings is 2. The number of benzene rings is 23. The van der Waals surface area contributed by atoms with Crippen LogP contribution in [0.15, 0.2) is 422 Å². The lowest BCUT2D eigenvalue weighted by molar-refractivity contribution is 0.666. The van der Waals surface area contributed by atoms with Crippen molar-refractivity contribution in [2.45, 2.75) is 90.1 Å². The SMILES string of the molecule is CCCC[Si]1(CCCC)c2cc3oc4ccccc4c3cc2-c2c1ccc1c3ccccc3c3c4ccccc4ccc3c21.Cc1cc(C)cc(C2(c3cc(C)cc(C)c3)c3cc4sc5ccccc5c4cc3-c3c2ccc2c4ccc5ccccc5c4c4ccccc4c32)c1.c1ccc2c(c1)-c1cc3c(cc1C2(c1ccncc1)c1ccncc1)oc1ccc2c4cc5ccccc5cc4c4ccccc4c2c13. The smallest absolute Gasteiger partial charge is 0.136 e. The van der Waals surface area contributed by atoms with Crippen LogP contribution in [0.25, 0.3) is 227 Å². The zero-order valence-corrected chi connectivity index (χ0v) is 82.9. The highest BCUT2D eigenvalue weighted by Crippen LogP contribution is 2.63. The molecule has 0 amide bonds. The van der Waals surface area contributed by atoms with Gasteiger partial charge in [-0.3, -0.25) is 9.97 Å². The predicted octanol–water partition coefficient (Wildman–Crippen LogP) is 37.0. The number of unbranched alkanes of at least 4 members (excludes halogenated alkanes) is 2. The Kier molecular flexibility index (Phi) is 18.9. The van der Waals surface area contributed by atoms with E-state index in [1.807, 2.05) is 36.1 Å². The molecule has 0 unspecified atom stereocenters. The predicted molar refractivity (Wildman–Crippen MR) is 616 cm³/mol. The third-order valence-electron chi connectivity index (χ3n) is 33.1. The molecule has 23 aromatic carbocycles. The molecule has 144 heavy (non-hydrogen) atoms. The van der Waals surface area contributed by atoms with E-state index in [0.29, 0.717) is 0 Å². The van der Waals surface area contributed by atoms with Crippen molar-refractivity contribution in [3.63, 3.8) is 0 Å². The van der Waals surface area contributed by atoms with Crippen LogP contribution in [-0.2, 0) is 10.8 Å². The standard InChI is InChI=1S/C51H36S.C45H26N2O.C42H36OSi/c1-29-21-30(2)24-34(23-29)51(35-25-31(3)22-32(4)26-35)44-20-19-41-40-18-17-33-11-5-6-12-36(33)48(40)38-14-7-8-15-39(38)49(41)50(44)43-27-42-37-13-9-10-16-46(37)52-47(42)28-45(43)51;1-2-8-28-24-36-34-13-14-41-44(43(34)33-11-4-3-9-31(33)35(36)23-27(28)7-1)38-25-37-32-10-5-6-12-39(32)45(29-15-19-46-20-16-29,30-17-21-47-22-18-30)40(37)26-42(38)48-41;1-3-5-23-44(24-6-4-2)38-22-21-32-29-15-9-10-17-31(29)40-28-14-8-7-13-27(28)19-20-33(40)41(32)42(38)35-25-34-30-16-11-12-18-36(30)43-37(34)26-39(35)44/h5-28H,1-4H3;1-26H;7-22,25-26H,3-6,23-24H2,1-2H3. The summed E-state index contributed by atoms with van der Waals surface area (Å²) in [6, 6.07) is 149. The van der Waals surface area contributed by atoms with Gasteiger partial charge in [0.1, 0.15) is 30.4 Å². The maximum atomic E-state index is 6.86. The molecule has 0 spiro atoms. The van der Waals surface area contributed by atoms with Crippen molar-refractivity contribution in [1.29, 1.82) is 0 Å². The van der Waals surface area contributed by atoms with Gasteiger partial charge in [-0.05, 0) is 349 Å². The number of thiophene rings is 1. The third kappa shape index (κ3) is 12.1. The van der Waals surface area contributed by atoms with Crippen LogP contribution < -0.4 is 10.4 Å². The van der Waals surface area contributed by atoms with E-state index in [2.05, 4.69) is 440 Å². The summed E-state index contributed by atoms with van der Waals surface area (Å²) in [7, 11) is -2.07. The molecule has 0 saturated carbocycles. The fourth-order valence-electron chi connectivity index (χ4n) is 27.4. The average Bonchev–Trinajstić information content (AvgIpc) is 1.50. The highest BCUT2D eigenvalue weighted by atomic mass is 32.1. The van der Waals surface area contributed by atoms with Gasteiger partial charge in [0.15, 0.2) is 0 Å². The Morgan fingerprint density at radius 2 is 0.681 bits per heavy atom. The van der Waals surface area contributed by atoms with Crippen LogP contribution >= 0.6 is 11.3 Å². The zero-order valence-electron chi connectivity index (χ0n) is 81.1. The minimum absolute atomic E-state index is 0.504. The third-order valence-corrected chi connectivity index (χ3v) is 39.5. The molecule has 31 rings (SSSR count). The van der Waals surface area contributed by atoms with Crippen molar-refractivity contribution in [2.24, 2.45) is 0 Å². The van der Waals surface area contributed by atoms with E-state index < -0.39 is 18.9 Å². The van der Waals surface area contributed by atoms with Crippen LogP contribution in [0.3, 0.4) is 0 Å². The summed E-state index contributed by atoms with van der Waals surface area (Å²) in [5.41, 5.74) is 26.3. The molecular formula is C138H98N2O2SSi. The molecule has 0 atom stereocenters. The van der Waals surface area contributed by atoms with Crippen molar-refractivity contribution < 1.29 is 8.83 Å². The van der Waals surface area contributed by atoms with Gasteiger partial charge in [-0.15, -0.1) is 11.3 Å². The lowest BCUT2D eigenvalue weighted by Crippen LogP contribution is -2.55. The molecule has 6 heterocycles. The molecule has 682 valence electrons. The molecule has 0 bridgehead atoms. The van der Waals surface area contributed by atoms with Gasteiger partial charge in [-0.1, -0.05) is 353 Å². The number of fused-ring (bicyclic) bond motifs is 44. The lowest BCUT2D eigenvalue weighted by atomic mass is 9.66. The first kappa shape index (κ1) is 84.4. The van der Waals surface area contributed by atoms with Crippen LogP contribution in [0.2, 0.25) is 12.1 Å².